The Bertz CT molecular complexity index is 1330. The molecule has 0 atom stereocenters. The number of carbonyl (C=O) groups excluding carboxylic acids is 6. The van der Waals surface area contributed by atoms with Gasteiger partial charge in [-0.05, 0) is 76.6 Å². The van der Waals surface area contributed by atoms with E-state index in [0.29, 0.717) is 50.4 Å². The predicted molar refractivity (Wildman–Crippen MR) is 143 cm³/mol. The zero-order valence-corrected chi connectivity index (χ0v) is 22.1. The molecule has 0 bridgehead atoms. The quantitative estimate of drug-likeness (QED) is 0.380. The number of carbonyl (C=O) groups is 6. The van der Waals surface area contributed by atoms with Crippen molar-refractivity contribution in [2.75, 3.05) is 12.4 Å². The largest absolute Gasteiger partial charge is 0.388 e. The molecule has 1 aliphatic carbocycles. The van der Waals surface area contributed by atoms with Crippen molar-refractivity contribution in [1.29, 1.82) is 0 Å². The van der Waals surface area contributed by atoms with Gasteiger partial charge >= 0.3 is 0 Å². The summed E-state index contributed by atoms with van der Waals surface area (Å²) in [6, 6.07) is 7.63. The average molecular weight is 521 g/mol. The summed E-state index contributed by atoms with van der Waals surface area (Å²) in [6.07, 6.45) is 6.53. The average Bonchev–Trinajstić information content (AvgIpc) is 3.22. The third-order valence-corrected chi connectivity index (χ3v) is 6.31. The highest BCUT2D eigenvalue weighted by molar-refractivity contribution is 7.15. The van der Waals surface area contributed by atoms with Crippen molar-refractivity contribution in [3.63, 3.8) is 0 Å². The topological polar surface area (TPSA) is 126 Å². The molecule has 0 unspecified atom stereocenters. The molecule has 1 aliphatic rings. The van der Waals surface area contributed by atoms with E-state index in [1.807, 2.05) is 0 Å². The molecule has 0 aliphatic heterocycles. The molecule has 3 rings (SSSR count). The number of rotatable bonds is 8. The summed E-state index contributed by atoms with van der Waals surface area (Å²) in [5.41, 5.74) is 3.22. The van der Waals surface area contributed by atoms with E-state index >= 15 is 0 Å². The molecular formula is C28H28N2O6S. The number of ketones is 4. The third kappa shape index (κ3) is 8.43. The van der Waals surface area contributed by atoms with Crippen LogP contribution in [0.15, 0.2) is 65.4 Å². The van der Waals surface area contributed by atoms with Gasteiger partial charge in [0.15, 0.2) is 29.4 Å². The van der Waals surface area contributed by atoms with Gasteiger partial charge in [0.1, 0.15) is 0 Å². The van der Waals surface area contributed by atoms with E-state index in [2.05, 4.69) is 10.6 Å². The maximum atomic E-state index is 12.1. The molecule has 1 aromatic carbocycles. The second-order valence-electron chi connectivity index (χ2n) is 8.18. The van der Waals surface area contributed by atoms with E-state index in [1.54, 1.807) is 37.4 Å². The molecule has 1 amide bonds. The van der Waals surface area contributed by atoms with Gasteiger partial charge in [-0.25, -0.2) is 0 Å². The second-order valence-corrected chi connectivity index (χ2v) is 9.30. The van der Waals surface area contributed by atoms with Crippen molar-refractivity contribution >= 4 is 52.4 Å². The number of aldehydes is 1. The van der Waals surface area contributed by atoms with Crippen molar-refractivity contribution in [3.8, 4) is 0 Å². The molecule has 0 saturated heterocycles. The highest BCUT2D eigenvalue weighted by Crippen LogP contribution is 2.20. The third-order valence-electron chi connectivity index (χ3n) is 5.30. The van der Waals surface area contributed by atoms with Gasteiger partial charge in [-0.3, -0.25) is 28.8 Å². The van der Waals surface area contributed by atoms with Crippen LogP contribution in [-0.2, 0) is 9.59 Å². The van der Waals surface area contributed by atoms with Crippen molar-refractivity contribution in [2.24, 2.45) is 0 Å². The van der Waals surface area contributed by atoms with Crippen LogP contribution in [0.3, 0.4) is 0 Å². The van der Waals surface area contributed by atoms with E-state index in [9.17, 15) is 28.8 Å². The number of likely N-dealkylation sites (N-methyl/N-ethyl adjacent to an activating group) is 1. The minimum Gasteiger partial charge on any atom is -0.388 e. The van der Waals surface area contributed by atoms with Crippen LogP contribution >= 0.6 is 11.3 Å². The molecule has 2 N–H and O–H groups in total. The number of thiophene rings is 1. The first-order valence-corrected chi connectivity index (χ1v) is 12.1. The fourth-order valence-corrected chi connectivity index (χ4v) is 3.92. The van der Waals surface area contributed by atoms with Crippen LogP contribution in [0, 0.1) is 0 Å². The Kier molecular flexibility index (Phi) is 10.3. The van der Waals surface area contributed by atoms with E-state index < -0.39 is 5.91 Å². The predicted octanol–water partition coefficient (Wildman–Crippen LogP) is 4.74. The number of Topliss-reactive ketones (excluding diaryl/α,β-unsaturated/α-hetero) is 4. The van der Waals surface area contributed by atoms with Crippen LogP contribution in [0.1, 0.15) is 74.2 Å². The lowest BCUT2D eigenvalue weighted by Gasteiger charge is -2.08. The van der Waals surface area contributed by atoms with Crippen molar-refractivity contribution in [3.05, 3.63) is 86.3 Å². The van der Waals surface area contributed by atoms with Crippen molar-refractivity contribution in [1.82, 2.24) is 5.32 Å². The molecule has 0 fully saturated rings. The number of benzene rings is 1. The molecule has 0 saturated carbocycles. The van der Waals surface area contributed by atoms with E-state index in [0.717, 1.165) is 17.0 Å². The molecule has 8 nitrogen and oxygen atoms in total. The van der Waals surface area contributed by atoms with Crippen LogP contribution in [-0.4, -0.2) is 42.4 Å². The smallest absolute Gasteiger partial charge is 0.265 e. The maximum absolute atomic E-state index is 12.1. The normalized spacial score (nSPS) is 12.4. The Morgan fingerprint density at radius 2 is 1.46 bits per heavy atom. The lowest BCUT2D eigenvalue weighted by atomic mass is 10.0. The first-order valence-electron chi connectivity index (χ1n) is 11.3. The van der Waals surface area contributed by atoms with Gasteiger partial charge in [-0.15, -0.1) is 11.3 Å². The fraction of sp³-hybridized carbons (Fsp3) is 0.214. The monoisotopic (exact) mass is 520 g/mol. The van der Waals surface area contributed by atoms with Gasteiger partial charge in [0.25, 0.3) is 5.91 Å². The molecular weight excluding hydrogens is 492 g/mol. The summed E-state index contributed by atoms with van der Waals surface area (Å²) in [4.78, 5) is 69.1. The molecule has 37 heavy (non-hydrogen) atoms. The first kappa shape index (κ1) is 29.0. The molecule has 0 radical (unpaired) electrons. The van der Waals surface area contributed by atoms with Crippen LogP contribution < -0.4 is 10.6 Å². The van der Waals surface area contributed by atoms with Crippen LogP contribution in [0.2, 0.25) is 0 Å². The Morgan fingerprint density at radius 1 is 0.838 bits per heavy atom. The maximum Gasteiger partial charge on any atom is 0.265 e. The van der Waals surface area contributed by atoms with Crippen molar-refractivity contribution < 1.29 is 28.8 Å². The Balaban J connectivity index is 0.000000281. The Hall–Kier alpha value is -4.24. The number of anilines is 1. The highest BCUT2D eigenvalue weighted by atomic mass is 32.1. The second kappa shape index (κ2) is 13.2. The van der Waals surface area contributed by atoms with Gasteiger partial charge in [-0.1, -0.05) is 6.08 Å². The summed E-state index contributed by atoms with van der Waals surface area (Å²) in [5, 5.41) is 5.59. The van der Waals surface area contributed by atoms with Crippen LogP contribution in [0.4, 0.5) is 5.69 Å². The Labute approximate surface area is 219 Å². The number of amides is 1. The van der Waals surface area contributed by atoms with Gasteiger partial charge in [-0.2, -0.15) is 0 Å². The minimum atomic E-state index is -0.395. The fourth-order valence-electron chi connectivity index (χ4n) is 3.21. The SMILES string of the molecule is CC(=O)c1cc(NC(=O)c2ccc(C=O)s2)cc(C(C)=O)c1.CNC1=CC(C(C)=O)=CCC(C(C)=O)=C1. The summed E-state index contributed by atoms with van der Waals surface area (Å²) in [5.74, 6) is -0.734. The minimum absolute atomic E-state index is 0.0148. The van der Waals surface area contributed by atoms with Gasteiger partial charge in [0, 0.05) is 40.7 Å². The highest BCUT2D eigenvalue weighted by Gasteiger charge is 2.13. The standard InChI is InChI=1S/C16H13NO4S.C12H15NO2/c1-9(19)11-5-12(10(2)20)7-13(6-11)17-16(21)15-4-3-14(8-18)22-15;1-8(14)10-4-5-11(9(2)15)7-12(6-10)13-3/h3-8H,1-2H3,(H,17,21);4,6-7,13H,5H2,1-3H3. The van der Waals surface area contributed by atoms with Crippen LogP contribution in [0.5, 0.6) is 0 Å². The van der Waals surface area contributed by atoms with E-state index in [1.165, 1.54) is 45.9 Å². The summed E-state index contributed by atoms with van der Waals surface area (Å²) in [7, 11) is 1.77. The number of hydrogen-bond acceptors (Lipinski definition) is 8. The van der Waals surface area contributed by atoms with E-state index in [-0.39, 0.29) is 23.1 Å². The summed E-state index contributed by atoms with van der Waals surface area (Å²) < 4.78 is 0. The zero-order chi connectivity index (χ0) is 27.7. The lowest BCUT2D eigenvalue weighted by molar-refractivity contribution is -0.114. The first-order chi connectivity index (χ1) is 17.4. The lowest BCUT2D eigenvalue weighted by Crippen LogP contribution is -2.11. The van der Waals surface area contributed by atoms with Gasteiger partial charge in [0.05, 0.1) is 9.75 Å². The number of nitrogens with one attached hydrogen (secondary N) is 2. The van der Waals surface area contributed by atoms with Crippen LogP contribution in [0.25, 0.3) is 0 Å². The molecule has 0 spiro atoms. The molecule has 2 aromatic rings. The summed E-state index contributed by atoms with van der Waals surface area (Å²) >= 11 is 1.07. The molecule has 9 heteroatoms. The van der Waals surface area contributed by atoms with Gasteiger partial charge in [0.2, 0.25) is 0 Å². The molecule has 1 aromatic heterocycles. The Morgan fingerprint density at radius 3 is 1.92 bits per heavy atom. The summed E-state index contributed by atoms with van der Waals surface area (Å²) in [6.45, 7) is 5.83. The van der Waals surface area contributed by atoms with Gasteiger partial charge < -0.3 is 10.6 Å². The van der Waals surface area contributed by atoms with Crippen molar-refractivity contribution in [2.45, 2.75) is 34.1 Å². The molecule has 192 valence electrons. The zero-order valence-electron chi connectivity index (χ0n) is 21.3. The molecule has 1 heterocycles. The number of hydrogen-bond donors (Lipinski definition) is 2. The number of allylic oxidation sites excluding steroid dienone is 5. The van der Waals surface area contributed by atoms with E-state index in [4.69, 9.17) is 0 Å².